The van der Waals surface area contributed by atoms with Crippen molar-refractivity contribution in [3.8, 4) is 11.5 Å². The number of nitrogens with zero attached hydrogens (tertiary/aromatic N) is 1. The number of benzene rings is 2. The Balaban J connectivity index is 1.48. The molecule has 4 rings (SSSR count). The van der Waals surface area contributed by atoms with E-state index in [0.29, 0.717) is 19.1 Å². The van der Waals surface area contributed by atoms with Crippen molar-refractivity contribution in [2.24, 2.45) is 0 Å². The van der Waals surface area contributed by atoms with Crippen LogP contribution in [-0.2, 0) is 0 Å². The molecular weight excluding hydrogens is 376 g/mol. The molecule has 2 heterocycles. The summed E-state index contributed by atoms with van der Waals surface area (Å²) < 4.78 is 11.9. The molecule has 5 nitrogen and oxygen atoms in total. The van der Waals surface area contributed by atoms with Crippen LogP contribution >= 0.6 is 0 Å². The van der Waals surface area contributed by atoms with E-state index in [4.69, 9.17) is 9.47 Å². The van der Waals surface area contributed by atoms with Gasteiger partial charge in [-0.2, -0.15) is 0 Å². The number of aryl methyl sites for hydroxylation is 1. The molecule has 1 spiro atoms. The first-order chi connectivity index (χ1) is 14.4. The van der Waals surface area contributed by atoms with E-state index in [2.05, 4.69) is 37.4 Å². The lowest BCUT2D eigenvalue weighted by molar-refractivity contribution is -0.0217. The smallest absolute Gasteiger partial charge is 0.253 e. The van der Waals surface area contributed by atoms with Crippen LogP contribution in [0.1, 0.15) is 60.6 Å². The maximum atomic E-state index is 13.1. The maximum Gasteiger partial charge on any atom is 0.253 e. The van der Waals surface area contributed by atoms with Gasteiger partial charge in [-0.05, 0) is 36.8 Å². The molecule has 1 N–H and O–H groups in total. The van der Waals surface area contributed by atoms with E-state index < -0.39 is 0 Å². The molecule has 5 heteroatoms. The highest BCUT2D eigenvalue weighted by molar-refractivity contribution is 5.94. The Labute approximate surface area is 179 Å². The molecule has 1 fully saturated rings. The second-order valence-corrected chi connectivity index (χ2v) is 8.88. The van der Waals surface area contributed by atoms with E-state index in [1.165, 1.54) is 5.56 Å². The molecule has 1 atom stereocenters. The van der Waals surface area contributed by atoms with E-state index in [1.807, 2.05) is 36.1 Å². The number of methoxy groups -OCH3 is 1. The minimum Gasteiger partial charge on any atom is -0.496 e. The fraction of sp³-hybridized carbons (Fsp3) is 0.480. The van der Waals surface area contributed by atoms with E-state index in [9.17, 15) is 4.79 Å². The first-order valence-corrected chi connectivity index (χ1v) is 10.9. The van der Waals surface area contributed by atoms with Crippen LogP contribution < -0.4 is 14.8 Å². The molecule has 0 aliphatic carbocycles. The van der Waals surface area contributed by atoms with Gasteiger partial charge in [0.05, 0.1) is 7.11 Å². The molecule has 2 aliphatic rings. The fourth-order valence-electron chi connectivity index (χ4n) is 4.79. The lowest BCUT2D eigenvalue weighted by atomic mass is 9.80. The molecule has 0 aromatic heterocycles. The number of para-hydroxylation sites is 1. The molecule has 1 saturated heterocycles. The van der Waals surface area contributed by atoms with Gasteiger partial charge in [-0.3, -0.25) is 4.79 Å². The standard InChI is InChI=1S/C25H32N2O3/c1-17(2)26-21-16-25(30-23-8-6-5-7-20(21)23)11-13-27(14-12-25)24(28)19-9-10-22(29-4)18(3)15-19/h5-10,15,17,21,26H,11-14,16H2,1-4H3/t21-/m1/s1. The highest BCUT2D eigenvalue weighted by Crippen LogP contribution is 2.44. The molecule has 1 amide bonds. The molecule has 2 aromatic rings. The summed E-state index contributed by atoms with van der Waals surface area (Å²) in [4.78, 5) is 15.0. The maximum absolute atomic E-state index is 13.1. The molecule has 0 saturated carbocycles. The van der Waals surface area contributed by atoms with Crippen molar-refractivity contribution in [2.45, 2.75) is 57.7 Å². The summed E-state index contributed by atoms with van der Waals surface area (Å²) in [5.74, 6) is 1.87. The number of hydrogen-bond donors (Lipinski definition) is 1. The van der Waals surface area contributed by atoms with Crippen LogP contribution in [0.25, 0.3) is 0 Å². The van der Waals surface area contributed by atoms with Gasteiger partial charge in [-0.25, -0.2) is 0 Å². The van der Waals surface area contributed by atoms with Gasteiger partial charge in [0, 0.05) is 55.6 Å². The number of amides is 1. The van der Waals surface area contributed by atoms with Gasteiger partial charge >= 0.3 is 0 Å². The molecule has 0 unspecified atom stereocenters. The summed E-state index contributed by atoms with van der Waals surface area (Å²) in [7, 11) is 1.65. The molecule has 2 aliphatic heterocycles. The fourth-order valence-corrected chi connectivity index (χ4v) is 4.79. The van der Waals surface area contributed by atoms with E-state index >= 15 is 0 Å². The summed E-state index contributed by atoms with van der Waals surface area (Å²) >= 11 is 0. The van der Waals surface area contributed by atoms with Crippen molar-refractivity contribution in [3.05, 3.63) is 59.2 Å². The molecule has 0 bridgehead atoms. The lowest BCUT2D eigenvalue weighted by Gasteiger charge is -2.47. The van der Waals surface area contributed by atoms with Gasteiger partial charge in [0.1, 0.15) is 17.1 Å². The third kappa shape index (κ3) is 4.04. The van der Waals surface area contributed by atoms with Crippen molar-refractivity contribution in [3.63, 3.8) is 0 Å². The number of nitrogens with one attached hydrogen (secondary N) is 1. The first kappa shape index (κ1) is 20.7. The van der Waals surface area contributed by atoms with Gasteiger partial charge < -0.3 is 19.7 Å². The zero-order valence-electron chi connectivity index (χ0n) is 18.4. The molecule has 30 heavy (non-hydrogen) atoms. The predicted octanol–water partition coefficient (Wildman–Crippen LogP) is 4.50. The van der Waals surface area contributed by atoms with Crippen LogP contribution in [0.3, 0.4) is 0 Å². The topological polar surface area (TPSA) is 50.8 Å². The summed E-state index contributed by atoms with van der Waals surface area (Å²) in [5, 5.41) is 3.71. The van der Waals surface area contributed by atoms with Crippen molar-refractivity contribution >= 4 is 5.91 Å². The number of hydrogen-bond acceptors (Lipinski definition) is 4. The number of piperidine rings is 1. The highest BCUT2D eigenvalue weighted by Gasteiger charge is 2.44. The monoisotopic (exact) mass is 408 g/mol. The van der Waals surface area contributed by atoms with Crippen LogP contribution in [0, 0.1) is 6.92 Å². The summed E-state index contributed by atoms with van der Waals surface area (Å²) in [6, 6.07) is 14.7. The average molecular weight is 409 g/mol. The minimum atomic E-state index is -0.215. The van der Waals surface area contributed by atoms with Crippen molar-refractivity contribution < 1.29 is 14.3 Å². The Kier molecular flexibility index (Phi) is 5.74. The Morgan fingerprint density at radius 2 is 1.93 bits per heavy atom. The SMILES string of the molecule is COc1ccc(C(=O)N2CCC3(CC2)C[C@@H](NC(C)C)c2ccccc2O3)cc1C. The van der Waals surface area contributed by atoms with E-state index in [0.717, 1.165) is 41.9 Å². The van der Waals surface area contributed by atoms with Gasteiger partial charge in [-0.1, -0.05) is 32.0 Å². The van der Waals surface area contributed by atoms with E-state index in [1.54, 1.807) is 7.11 Å². The number of ether oxygens (including phenoxy) is 2. The Hall–Kier alpha value is -2.53. The molecule has 160 valence electrons. The number of rotatable bonds is 4. The number of carbonyl (C=O) groups excluding carboxylic acids is 1. The molecule has 2 aromatic carbocycles. The Morgan fingerprint density at radius 3 is 2.60 bits per heavy atom. The van der Waals surface area contributed by atoms with Crippen molar-refractivity contribution in [2.75, 3.05) is 20.2 Å². The minimum absolute atomic E-state index is 0.0867. The van der Waals surface area contributed by atoms with Gasteiger partial charge in [0.15, 0.2) is 0 Å². The van der Waals surface area contributed by atoms with Crippen molar-refractivity contribution in [1.82, 2.24) is 10.2 Å². The number of fused-ring (bicyclic) bond motifs is 1. The Morgan fingerprint density at radius 1 is 1.20 bits per heavy atom. The quantitative estimate of drug-likeness (QED) is 0.809. The number of carbonyl (C=O) groups is 1. The van der Waals surface area contributed by atoms with Crippen molar-refractivity contribution in [1.29, 1.82) is 0 Å². The lowest BCUT2D eigenvalue weighted by Crippen LogP contribution is -2.53. The molecular formula is C25H32N2O3. The largest absolute Gasteiger partial charge is 0.496 e. The van der Waals surface area contributed by atoms with Gasteiger partial charge in [0.2, 0.25) is 0 Å². The van der Waals surface area contributed by atoms with Crippen LogP contribution in [0.2, 0.25) is 0 Å². The predicted molar refractivity (Wildman–Crippen MR) is 118 cm³/mol. The highest BCUT2D eigenvalue weighted by atomic mass is 16.5. The van der Waals surface area contributed by atoms with Gasteiger partial charge in [-0.15, -0.1) is 0 Å². The third-order valence-corrected chi connectivity index (χ3v) is 6.34. The summed E-state index contributed by atoms with van der Waals surface area (Å²) in [6.07, 6.45) is 2.63. The van der Waals surface area contributed by atoms with Crippen LogP contribution in [0.5, 0.6) is 11.5 Å². The van der Waals surface area contributed by atoms with E-state index in [-0.39, 0.29) is 17.6 Å². The van der Waals surface area contributed by atoms with Crippen LogP contribution in [0.4, 0.5) is 0 Å². The normalized spacial score (nSPS) is 20.0. The zero-order valence-corrected chi connectivity index (χ0v) is 18.4. The van der Waals surface area contributed by atoms with Crippen LogP contribution in [-0.4, -0.2) is 42.6 Å². The Bertz CT molecular complexity index is 916. The second kappa shape index (κ2) is 8.31. The zero-order chi connectivity index (χ0) is 21.3. The van der Waals surface area contributed by atoms with Crippen LogP contribution in [0.15, 0.2) is 42.5 Å². The summed E-state index contributed by atoms with van der Waals surface area (Å²) in [6.45, 7) is 7.75. The third-order valence-electron chi connectivity index (χ3n) is 6.34. The summed E-state index contributed by atoms with van der Waals surface area (Å²) in [5.41, 5.74) is 2.72. The average Bonchev–Trinajstić information content (AvgIpc) is 2.73. The molecule has 0 radical (unpaired) electrons. The number of likely N-dealkylation sites (tertiary alicyclic amines) is 1. The van der Waals surface area contributed by atoms with Gasteiger partial charge in [0.25, 0.3) is 5.91 Å². The first-order valence-electron chi connectivity index (χ1n) is 10.9. The second-order valence-electron chi connectivity index (χ2n) is 8.88.